The van der Waals surface area contributed by atoms with Gasteiger partial charge in [0.05, 0.1) is 18.7 Å². The first-order chi connectivity index (χ1) is 12.5. The summed E-state index contributed by atoms with van der Waals surface area (Å²) in [5.41, 5.74) is 17.0. The van der Waals surface area contributed by atoms with Gasteiger partial charge in [-0.25, -0.2) is 4.98 Å². The summed E-state index contributed by atoms with van der Waals surface area (Å²) in [5, 5.41) is 21.1. The van der Waals surface area contributed by atoms with E-state index in [2.05, 4.69) is 19.9 Å². The molecule has 0 amide bonds. The molecule has 14 nitrogen and oxygen atoms in total. The van der Waals surface area contributed by atoms with Crippen LogP contribution < -0.4 is 22.8 Å². The van der Waals surface area contributed by atoms with Crippen molar-refractivity contribution in [3.63, 3.8) is 0 Å². The van der Waals surface area contributed by atoms with Gasteiger partial charge in [0.2, 0.25) is 5.95 Å². The molecule has 1 aliphatic carbocycles. The van der Waals surface area contributed by atoms with Crippen molar-refractivity contribution < 1.29 is 53.7 Å². The molecule has 0 spiro atoms. The number of aliphatic carboxylic acids is 1. The van der Waals surface area contributed by atoms with Gasteiger partial charge in [-0.05, 0) is 12.8 Å². The number of imidazole rings is 1. The number of hydrogen-bond donors (Lipinski definition) is 7. The number of carbonyl (C=O) groups is 1. The molecule has 2 aromatic heterocycles. The van der Waals surface area contributed by atoms with Gasteiger partial charge in [0.15, 0.2) is 11.2 Å². The maximum absolute atomic E-state index is 11.0. The molecule has 166 valence electrons. The van der Waals surface area contributed by atoms with Crippen molar-refractivity contribution >= 4 is 23.1 Å². The molecule has 3 rings (SSSR count). The summed E-state index contributed by atoms with van der Waals surface area (Å²) < 4.78 is 0. The number of nitrogen functional groups attached to an aromatic ring is 1. The quantitative estimate of drug-likeness (QED) is 0.134. The molecule has 2 atom stereocenters. The second kappa shape index (κ2) is 16.7. The normalized spacial score (nSPS) is 16.7. The van der Waals surface area contributed by atoms with Crippen LogP contribution in [-0.4, -0.2) is 53.4 Å². The van der Waals surface area contributed by atoms with Gasteiger partial charge in [-0.1, -0.05) is 12.8 Å². The van der Waals surface area contributed by atoms with Crippen molar-refractivity contribution in [1.82, 2.24) is 19.9 Å². The van der Waals surface area contributed by atoms with Crippen LogP contribution in [0.4, 0.5) is 5.95 Å². The van der Waals surface area contributed by atoms with Crippen molar-refractivity contribution in [2.75, 3.05) is 5.73 Å². The molecule has 0 saturated heterocycles. The van der Waals surface area contributed by atoms with Crippen LogP contribution in [0.3, 0.4) is 0 Å². The third-order valence-electron chi connectivity index (χ3n) is 3.19. The SMILES string of the molecule is CC(=O)O.N[C@@H]1CCCC[C@H]1N.Nc1nc2nc[nH]c2c(=O)[nH]1.O=[N+]([O-])O.[ClH2+].[Pt+4]. The summed E-state index contributed by atoms with van der Waals surface area (Å²) in [6, 6.07) is 0.562. The second-order valence-corrected chi connectivity index (χ2v) is 5.42. The second-order valence-electron chi connectivity index (χ2n) is 5.42. The fourth-order valence-electron chi connectivity index (χ4n) is 2.05. The molecular formula is C13H26ClN8O6Pt+5. The van der Waals surface area contributed by atoms with Crippen LogP contribution in [-0.2, 0) is 25.9 Å². The number of carboxylic acid groups (broad SMARTS) is 1. The van der Waals surface area contributed by atoms with E-state index in [1.54, 1.807) is 0 Å². The van der Waals surface area contributed by atoms with E-state index in [9.17, 15) is 4.79 Å². The summed E-state index contributed by atoms with van der Waals surface area (Å²) >= 11 is 0. The Morgan fingerprint density at radius 1 is 1.31 bits per heavy atom. The van der Waals surface area contributed by atoms with Crippen molar-refractivity contribution in [2.45, 2.75) is 44.7 Å². The molecule has 0 aliphatic heterocycles. The number of aromatic nitrogens is 4. The number of halogens is 1. The number of H-pyrrole nitrogens is 2. The minimum atomic E-state index is -1.50. The maximum Gasteiger partial charge on any atom is 4.00 e. The predicted octanol–water partition coefficient (Wildman–Crippen LogP) is -1.35. The Morgan fingerprint density at radius 3 is 2.10 bits per heavy atom. The number of nitrogens with one attached hydrogen (secondary N) is 2. The first-order valence-electron chi connectivity index (χ1n) is 7.77. The van der Waals surface area contributed by atoms with Gasteiger partial charge < -0.3 is 32.5 Å². The largest absolute Gasteiger partial charge is 4.00 e. The zero-order chi connectivity index (χ0) is 21.0. The van der Waals surface area contributed by atoms with Crippen LogP contribution >= 0.6 is 0 Å². The van der Waals surface area contributed by atoms with E-state index in [1.807, 2.05) is 0 Å². The van der Waals surface area contributed by atoms with E-state index in [4.69, 9.17) is 42.4 Å². The average molecular weight is 621 g/mol. The summed E-state index contributed by atoms with van der Waals surface area (Å²) in [6.45, 7) is 1.08. The topological polar surface area (TPSA) is 253 Å². The number of nitrogens with zero attached hydrogens (tertiary/aromatic N) is 3. The molecule has 29 heavy (non-hydrogen) atoms. The summed E-state index contributed by atoms with van der Waals surface area (Å²) in [4.78, 5) is 40.9. The molecular weight excluding hydrogens is 595 g/mol. The third-order valence-corrected chi connectivity index (χ3v) is 3.19. The van der Waals surface area contributed by atoms with Crippen LogP contribution in [0.25, 0.3) is 11.2 Å². The van der Waals surface area contributed by atoms with Crippen LogP contribution in [0.2, 0.25) is 0 Å². The molecule has 0 aromatic carbocycles. The number of fused-ring (bicyclic) bond motifs is 1. The minimum absolute atomic E-state index is 0. The van der Waals surface area contributed by atoms with E-state index in [0.29, 0.717) is 11.2 Å². The van der Waals surface area contributed by atoms with Crippen LogP contribution in [0.15, 0.2) is 11.1 Å². The Labute approximate surface area is 185 Å². The van der Waals surface area contributed by atoms with E-state index in [-0.39, 0.29) is 57.1 Å². The van der Waals surface area contributed by atoms with Gasteiger partial charge in [0, 0.05) is 19.0 Å². The Balaban J connectivity index is -0.000000335. The van der Waals surface area contributed by atoms with Gasteiger partial charge >= 0.3 is 21.1 Å². The molecule has 2 aromatic rings. The van der Waals surface area contributed by atoms with E-state index in [0.717, 1.165) is 19.8 Å². The summed E-state index contributed by atoms with van der Waals surface area (Å²) in [6.07, 6.45) is 6.19. The number of anilines is 1. The van der Waals surface area contributed by atoms with Crippen molar-refractivity contribution in [3.05, 3.63) is 26.8 Å². The predicted molar refractivity (Wildman–Crippen MR) is 98.2 cm³/mol. The molecule has 1 fully saturated rings. The average Bonchev–Trinajstić information content (AvgIpc) is 2.98. The molecule has 0 radical (unpaired) electrons. The van der Waals surface area contributed by atoms with Crippen LogP contribution in [0.1, 0.15) is 32.6 Å². The molecule has 16 heteroatoms. The number of hydrogen-bond acceptors (Lipinski definition) is 9. The van der Waals surface area contributed by atoms with Crippen LogP contribution in [0, 0.1) is 22.5 Å². The zero-order valence-corrected chi connectivity index (χ0v) is 18.6. The smallest absolute Gasteiger partial charge is 0.481 e. The minimum Gasteiger partial charge on any atom is -0.481 e. The molecule has 10 N–H and O–H groups in total. The van der Waals surface area contributed by atoms with E-state index >= 15 is 0 Å². The van der Waals surface area contributed by atoms with Crippen molar-refractivity contribution in [1.29, 1.82) is 0 Å². The van der Waals surface area contributed by atoms with E-state index < -0.39 is 11.1 Å². The van der Waals surface area contributed by atoms with Gasteiger partial charge in [-0.2, -0.15) is 4.98 Å². The number of aromatic amines is 2. The monoisotopic (exact) mass is 620 g/mol. The Morgan fingerprint density at radius 2 is 1.72 bits per heavy atom. The van der Waals surface area contributed by atoms with Gasteiger partial charge in [-0.3, -0.25) is 14.6 Å². The molecule has 0 unspecified atom stereocenters. The van der Waals surface area contributed by atoms with Gasteiger partial charge in [0.1, 0.15) is 0 Å². The number of nitrogens with two attached hydrogens (primary N) is 3. The van der Waals surface area contributed by atoms with Gasteiger partial charge in [0.25, 0.3) is 16.6 Å². The fourth-order valence-corrected chi connectivity index (χ4v) is 2.05. The molecule has 1 aliphatic rings. The zero-order valence-electron chi connectivity index (χ0n) is 15.4. The summed E-state index contributed by atoms with van der Waals surface area (Å²) in [7, 11) is 0. The number of rotatable bonds is 0. The van der Waals surface area contributed by atoms with Crippen LogP contribution in [0.5, 0.6) is 0 Å². The third kappa shape index (κ3) is 15.3. The first-order valence-corrected chi connectivity index (χ1v) is 7.77. The Kier molecular flexibility index (Phi) is 18.0. The molecule has 0 bridgehead atoms. The molecule has 2 heterocycles. The van der Waals surface area contributed by atoms with Gasteiger partial charge in [-0.15, -0.1) is 10.1 Å². The van der Waals surface area contributed by atoms with Crippen molar-refractivity contribution in [2.24, 2.45) is 11.5 Å². The van der Waals surface area contributed by atoms with E-state index in [1.165, 1.54) is 19.2 Å². The fraction of sp³-hybridized carbons (Fsp3) is 0.538. The Bertz CT molecular complexity index is 758. The summed E-state index contributed by atoms with van der Waals surface area (Å²) in [5.74, 6) is -0.755. The first kappa shape index (κ1) is 31.4. The molecule has 1 saturated carbocycles. The number of carboxylic acids is 1. The van der Waals surface area contributed by atoms with Crippen molar-refractivity contribution in [3.8, 4) is 0 Å². The Hall–Kier alpha value is -2.28. The maximum atomic E-state index is 11.0. The standard InChI is InChI=1S/C6H14N2.C5H5N5O.C2H4O2.ClH2.HNO3.Pt/c7-5-3-1-2-4-6(5)8;6-5-9-3-2(4(11)10-5)7-1-8-3;1-2(3)4;;2-1(3)4;/h5-6H,1-4,7-8H2;1H,(H4,6,7,8,9,10,11);1H3,(H,3,4);1H2;(H,2,3,4);/q;;;+1;;+4/t5-,6-;;;;;/m1...../s1.